The van der Waals surface area contributed by atoms with Crippen molar-refractivity contribution in [2.24, 2.45) is 11.7 Å². The standard InChI is InChI=1S/C15H23ClN2O3/c1-10(2)4-5-18-14(19)9-21-15-11(8-17)6-12(16)7-13(15)20-3/h6-7,10H,4-5,8-9,17H2,1-3H3,(H,18,19). The molecule has 0 spiro atoms. The fourth-order valence-electron chi connectivity index (χ4n) is 1.78. The highest BCUT2D eigenvalue weighted by Crippen LogP contribution is 2.34. The summed E-state index contributed by atoms with van der Waals surface area (Å²) in [7, 11) is 1.52. The highest BCUT2D eigenvalue weighted by Gasteiger charge is 2.13. The van der Waals surface area contributed by atoms with Gasteiger partial charge in [0.25, 0.3) is 5.91 Å². The number of carbonyl (C=O) groups is 1. The summed E-state index contributed by atoms with van der Waals surface area (Å²) in [6, 6.07) is 3.34. The molecule has 0 aliphatic carbocycles. The summed E-state index contributed by atoms with van der Waals surface area (Å²) in [6.07, 6.45) is 0.935. The number of halogens is 1. The number of nitrogens with one attached hydrogen (secondary N) is 1. The predicted molar refractivity (Wildman–Crippen MR) is 83.9 cm³/mol. The van der Waals surface area contributed by atoms with Gasteiger partial charge in [0.1, 0.15) is 0 Å². The Morgan fingerprint density at radius 2 is 2.14 bits per heavy atom. The largest absolute Gasteiger partial charge is 0.493 e. The Morgan fingerprint density at radius 3 is 2.71 bits per heavy atom. The molecule has 5 nitrogen and oxygen atoms in total. The molecule has 0 atom stereocenters. The fourth-order valence-corrected chi connectivity index (χ4v) is 2.01. The van der Waals surface area contributed by atoms with Gasteiger partial charge in [0, 0.05) is 29.7 Å². The normalized spacial score (nSPS) is 10.6. The fraction of sp³-hybridized carbons (Fsp3) is 0.533. The minimum atomic E-state index is -0.171. The molecule has 1 aromatic rings. The minimum Gasteiger partial charge on any atom is -0.493 e. The van der Waals surface area contributed by atoms with Gasteiger partial charge in [0.05, 0.1) is 7.11 Å². The van der Waals surface area contributed by atoms with Crippen LogP contribution in [-0.4, -0.2) is 26.2 Å². The van der Waals surface area contributed by atoms with Gasteiger partial charge in [-0.3, -0.25) is 4.79 Å². The van der Waals surface area contributed by atoms with E-state index >= 15 is 0 Å². The van der Waals surface area contributed by atoms with Crippen molar-refractivity contribution in [2.45, 2.75) is 26.8 Å². The maximum absolute atomic E-state index is 11.7. The van der Waals surface area contributed by atoms with Crippen LogP contribution < -0.4 is 20.5 Å². The van der Waals surface area contributed by atoms with Crippen molar-refractivity contribution in [3.05, 3.63) is 22.7 Å². The van der Waals surface area contributed by atoms with Gasteiger partial charge in [-0.25, -0.2) is 0 Å². The number of carbonyl (C=O) groups excluding carboxylic acids is 1. The molecule has 0 aliphatic heterocycles. The van der Waals surface area contributed by atoms with E-state index < -0.39 is 0 Å². The van der Waals surface area contributed by atoms with Gasteiger partial charge < -0.3 is 20.5 Å². The van der Waals surface area contributed by atoms with E-state index in [1.807, 2.05) is 0 Å². The van der Waals surface area contributed by atoms with Crippen LogP contribution in [0.2, 0.25) is 5.02 Å². The Hall–Kier alpha value is -1.46. The summed E-state index contributed by atoms with van der Waals surface area (Å²) in [5.74, 6) is 1.31. The second kappa shape index (κ2) is 8.74. The molecular weight excluding hydrogens is 292 g/mol. The van der Waals surface area contributed by atoms with Gasteiger partial charge in [0.2, 0.25) is 0 Å². The van der Waals surface area contributed by atoms with Crippen molar-refractivity contribution in [1.29, 1.82) is 0 Å². The van der Waals surface area contributed by atoms with Crippen LogP contribution in [0.25, 0.3) is 0 Å². The molecule has 21 heavy (non-hydrogen) atoms. The molecule has 118 valence electrons. The number of hydrogen-bond donors (Lipinski definition) is 2. The van der Waals surface area contributed by atoms with Crippen molar-refractivity contribution in [3.63, 3.8) is 0 Å². The number of methoxy groups -OCH3 is 1. The van der Waals surface area contributed by atoms with Gasteiger partial charge in [-0.05, 0) is 18.4 Å². The summed E-state index contributed by atoms with van der Waals surface area (Å²) in [5, 5.41) is 3.32. The SMILES string of the molecule is COc1cc(Cl)cc(CN)c1OCC(=O)NCCC(C)C. The van der Waals surface area contributed by atoms with E-state index in [0.29, 0.717) is 34.5 Å². The number of hydrogen-bond acceptors (Lipinski definition) is 4. The van der Waals surface area contributed by atoms with Crippen molar-refractivity contribution in [1.82, 2.24) is 5.32 Å². The lowest BCUT2D eigenvalue weighted by Crippen LogP contribution is -2.30. The maximum atomic E-state index is 11.7. The van der Waals surface area contributed by atoms with Crippen LogP contribution in [-0.2, 0) is 11.3 Å². The summed E-state index contributed by atoms with van der Waals surface area (Å²) >= 11 is 5.97. The molecule has 1 aromatic carbocycles. The van der Waals surface area contributed by atoms with E-state index in [0.717, 1.165) is 6.42 Å². The Balaban J connectivity index is 2.64. The van der Waals surface area contributed by atoms with Crippen molar-refractivity contribution >= 4 is 17.5 Å². The smallest absolute Gasteiger partial charge is 0.257 e. The van der Waals surface area contributed by atoms with Gasteiger partial charge in [-0.15, -0.1) is 0 Å². The average Bonchev–Trinajstić information content (AvgIpc) is 2.44. The van der Waals surface area contributed by atoms with E-state index in [9.17, 15) is 4.79 Å². The van der Waals surface area contributed by atoms with E-state index in [1.54, 1.807) is 12.1 Å². The Kier molecular flexibility index (Phi) is 7.32. The van der Waals surface area contributed by atoms with E-state index in [-0.39, 0.29) is 19.1 Å². The Bertz CT molecular complexity index is 453. The molecule has 3 N–H and O–H groups in total. The third-order valence-electron chi connectivity index (χ3n) is 2.93. The zero-order valence-electron chi connectivity index (χ0n) is 12.7. The number of benzene rings is 1. The van der Waals surface area contributed by atoms with E-state index in [2.05, 4.69) is 19.2 Å². The zero-order chi connectivity index (χ0) is 15.8. The number of nitrogens with two attached hydrogens (primary N) is 1. The first-order chi connectivity index (χ1) is 9.97. The Morgan fingerprint density at radius 1 is 1.43 bits per heavy atom. The summed E-state index contributed by atoms with van der Waals surface area (Å²) in [5.41, 5.74) is 6.37. The minimum absolute atomic E-state index is 0.0803. The molecule has 0 aromatic heterocycles. The van der Waals surface area contributed by atoms with Crippen LogP contribution in [0.1, 0.15) is 25.8 Å². The second-order valence-electron chi connectivity index (χ2n) is 5.12. The van der Waals surface area contributed by atoms with Gasteiger partial charge in [-0.1, -0.05) is 25.4 Å². The molecule has 0 bridgehead atoms. The molecule has 6 heteroatoms. The average molecular weight is 315 g/mol. The van der Waals surface area contributed by atoms with E-state index in [1.165, 1.54) is 7.11 Å². The molecule has 0 unspecified atom stereocenters. The molecule has 1 rings (SSSR count). The van der Waals surface area contributed by atoms with Crippen LogP contribution in [0.3, 0.4) is 0 Å². The lowest BCUT2D eigenvalue weighted by molar-refractivity contribution is -0.123. The maximum Gasteiger partial charge on any atom is 0.257 e. The number of amides is 1. The zero-order valence-corrected chi connectivity index (χ0v) is 13.5. The Labute approximate surface area is 130 Å². The molecule has 0 aliphatic rings. The number of rotatable bonds is 8. The lowest BCUT2D eigenvalue weighted by atomic mass is 10.1. The molecule has 0 radical (unpaired) electrons. The van der Waals surface area contributed by atoms with Crippen molar-refractivity contribution in [2.75, 3.05) is 20.3 Å². The number of ether oxygens (including phenoxy) is 2. The first-order valence-electron chi connectivity index (χ1n) is 6.93. The second-order valence-corrected chi connectivity index (χ2v) is 5.56. The highest BCUT2D eigenvalue weighted by molar-refractivity contribution is 6.30. The van der Waals surface area contributed by atoms with Crippen molar-refractivity contribution in [3.8, 4) is 11.5 Å². The highest BCUT2D eigenvalue weighted by atomic mass is 35.5. The first kappa shape index (κ1) is 17.6. The van der Waals surface area contributed by atoms with Crippen LogP contribution in [0.5, 0.6) is 11.5 Å². The monoisotopic (exact) mass is 314 g/mol. The molecular formula is C15H23ClN2O3. The molecule has 0 fully saturated rings. The van der Waals surface area contributed by atoms with Crippen LogP contribution in [0.4, 0.5) is 0 Å². The molecule has 0 heterocycles. The van der Waals surface area contributed by atoms with E-state index in [4.69, 9.17) is 26.8 Å². The summed E-state index contributed by atoms with van der Waals surface area (Å²) in [6.45, 7) is 5.02. The molecule has 1 amide bonds. The first-order valence-corrected chi connectivity index (χ1v) is 7.31. The van der Waals surface area contributed by atoms with Crippen LogP contribution >= 0.6 is 11.6 Å². The molecule has 0 saturated heterocycles. The third kappa shape index (κ3) is 5.81. The van der Waals surface area contributed by atoms with Gasteiger partial charge in [-0.2, -0.15) is 0 Å². The predicted octanol–water partition coefficient (Wildman–Crippen LogP) is 2.35. The van der Waals surface area contributed by atoms with Crippen LogP contribution in [0.15, 0.2) is 12.1 Å². The quantitative estimate of drug-likeness (QED) is 0.772. The van der Waals surface area contributed by atoms with Crippen LogP contribution in [0, 0.1) is 5.92 Å². The summed E-state index contributed by atoms with van der Waals surface area (Å²) < 4.78 is 10.8. The van der Waals surface area contributed by atoms with Gasteiger partial charge in [0.15, 0.2) is 18.1 Å². The third-order valence-corrected chi connectivity index (χ3v) is 3.15. The summed E-state index contributed by atoms with van der Waals surface area (Å²) in [4.78, 5) is 11.7. The van der Waals surface area contributed by atoms with Gasteiger partial charge >= 0.3 is 0 Å². The molecule has 0 saturated carbocycles. The lowest BCUT2D eigenvalue weighted by Gasteiger charge is -2.15. The van der Waals surface area contributed by atoms with Crippen molar-refractivity contribution < 1.29 is 14.3 Å². The topological polar surface area (TPSA) is 73.6 Å².